The number of hydrogen-bond acceptors (Lipinski definition) is 1. The minimum Gasteiger partial charge on any atom is -0.399 e. The van der Waals surface area contributed by atoms with Crippen LogP contribution in [0.15, 0.2) is 48.5 Å². The second kappa shape index (κ2) is 8.08. The Labute approximate surface area is 153 Å². The molecular formula is C24H33N. The average Bonchev–Trinajstić information content (AvgIpc) is 2.65. The van der Waals surface area contributed by atoms with Gasteiger partial charge in [0, 0.05) is 5.69 Å². The minimum absolute atomic E-state index is 0.480. The van der Waals surface area contributed by atoms with Crippen LogP contribution in [0, 0.1) is 5.41 Å². The van der Waals surface area contributed by atoms with E-state index in [-0.39, 0.29) is 0 Å². The van der Waals surface area contributed by atoms with Crippen molar-refractivity contribution < 1.29 is 0 Å². The number of rotatable bonds is 6. The Hall–Kier alpha value is -1.76. The van der Waals surface area contributed by atoms with E-state index in [4.69, 9.17) is 5.73 Å². The summed E-state index contributed by atoms with van der Waals surface area (Å²) < 4.78 is 0. The van der Waals surface area contributed by atoms with Gasteiger partial charge in [0.05, 0.1) is 0 Å². The van der Waals surface area contributed by atoms with Gasteiger partial charge >= 0.3 is 0 Å². The van der Waals surface area contributed by atoms with Gasteiger partial charge in [0.2, 0.25) is 0 Å². The van der Waals surface area contributed by atoms with Gasteiger partial charge < -0.3 is 5.73 Å². The summed E-state index contributed by atoms with van der Waals surface area (Å²) in [5.41, 5.74) is 11.7. The molecule has 0 heterocycles. The molecule has 0 saturated heterocycles. The highest BCUT2D eigenvalue weighted by Gasteiger charge is 2.34. The number of hydrogen-bond donors (Lipinski definition) is 1. The molecule has 2 aromatic carbocycles. The van der Waals surface area contributed by atoms with Crippen LogP contribution in [0.2, 0.25) is 0 Å². The number of benzene rings is 2. The van der Waals surface area contributed by atoms with Crippen molar-refractivity contribution in [3.63, 3.8) is 0 Å². The van der Waals surface area contributed by atoms with E-state index in [0.29, 0.717) is 5.41 Å². The lowest BCUT2D eigenvalue weighted by Gasteiger charge is -2.40. The van der Waals surface area contributed by atoms with Crippen molar-refractivity contribution in [1.82, 2.24) is 0 Å². The minimum atomic E-state index is 0.480. The number of nitrogens with two attached hydrogens (primary N) is 1. The number of anilines is 1. The van der Waals surface area contributed by atoms with Crippen LogP contribution in [0.1, 0.15) is 75.0 Å². The van der Waals surface area contributed by atoms with Gasteiger partial charge in [-0.25, -0.2) is 0 Å². The predicted molar refractivity (Wildman–Crippen MR) is 109 cm³/mol. The molecule has 0 spiro atoms. The molecule has 0 radical (unpaired) electrons. The lowest BCUT2D eigenvalue weighted by Crippen LogP contribution is -2.28. The molecule has 1 heteroatoms. The van der Waals surface area contributed by atoms with Crippen LogP contribution in [0.25, 0.3) is 0 Å². The van der Waals surface area contributed by atoms with Crippen LogP contribution in [0.4, 0.5) is 5.69 Å². The highest BCUT2D eigenvalue weighted by atomic mass is 14.5. The topological polar surface area (TPSA) is 26.0 Å². The van der Waals surface area contributed by atoms with E-state index in [1.807, 2.05) is 12.1 Å². The van der Waals surface area contributed by atoms with E-state index in [0.717, 1.165) is 11.6 Å². The zero-order chi connectivity index (χ0) is 17.7. The lowest BCUT2D eigenvalue weighted by molar-refractivity contribution is 0.165. The summed E-state index contributed by atoms with van der Waals surface area (Å²) in [6.07, 6.45) is 10.3. The molecule has 0 bridgehead atoms. The maximum absolute atomic E-state index is 5.84. The molecule has 2 N–H and O–H groups in total. The van der Waals surface area contributed by atoms with Crippen molar-refractivity contribution in [2.24, 2.45) is 5.41 Å². The first-order valence-electron chi connectivity index (χ1n) is 10.1. The molecule has 134 valence electrons. The Morgan fingerprint density at radius 3 is 2.32 bits per heavy atom. The monoisotopic (exact) mass is 335 g/mol. The van der Waals surface area contributed by atoms with E-state index in [1.165, 1.54) is 62.5 Å². The summed E-state index contributed by atoms with van der Waals surface area (Å²) in [4.78, 5) is 0. The summed E-state index contributed by atoms with van der Waals surface area (Å²) >= 11 is 0. The van der Waals surface area contributed by atoms with Crippen LogP contribution < -0.4 is 5.73 Å². The van der Waals surface area contributed by atoms with Crippen LogP contribution in [-0.4, -0.2) is 0 Å². The van der Waals surface area contributed by atoms with E-state index >= 15 is 0 Å². The average molecular weight is 336 g/mol. The zero-order valence-electron chi connectivity index (χ0n) is 15.9. The predicted octanol–water partition coefficient (Wildman–Crippen LogP) is 6.52. The Morgan fingerprint density at radius 2 is 1.68 bits per heavy atom. The maximum Gasteiger partial charge on any atom is 0.0314 e. The smallest absolute Gasteiger partial charge is 0.0314 e. The third kappa shape index (κ3) is 4.45. The first-order chi connectivity index (χ1) is 12.1. The van der Waals surface area contributed by atoms with Gasteiger partial charge in [0.25, 0.3) is 0 Å². The Bertz CT molecular complexity index is 663. The fourth-order valence-corrected chi connectivity index (χ4v) is 4.58. The summed E-state index contributed by atoms with van der Waals surface area (Å²) in [7, 11) is 0. The quantitative estimate of drug-likeness (QED) is 0.598. The van der Waals surface area contributed by atoms with E-state index in [9.17, 15) is 0 Å². The van der Waals surface area contributed by atoms with Crippen LogP contribution in [0.3, 0.4) is 0 Å². The van der Waals surface area contributed by atoms with Gasteiger partial charge in [-0.1, -0.05) is 63.1 Å². The zero-order valence-corrected chi connectivity index (χ0v) is 15.9. The Morgan fingerprint density at radius 1 is 0.960 bits per heavy atom. The van der Waals surface area contributed by atoms with Crippen molar-refractivity contribution in [3.05, 3.63) is 65.2 Å². The van der Waals surface area contributed by atoms with E-state index in [1.54, 1.807) is 5.56 Å². The first kappa shape index (κ1) is 18.0. The van der Waals surface area contributed by atoms with Crippen LogP contribution >= 0.6 is 0 Å². The second-order valence-electron chi connectivity index (χ2n) is 8.04. The lowest BCUT2D eigenvalue weighted by atomic mass is 9.65. The van der Waals surface area contributed by atoms with Gasteiger partial charge in [0.1, 0.15) is 0 Å². The fraction of sp³-hybridized carbons (Fsp3) is 0.500. The highest BCUT2D eigenvalue weighted by Crippen LogP contribution is 2.47. The summed E-state index contributed by atoms with van der Waals surface area (Å²) in [5.74, 6) is 0.753. The molecule has 1 aliphatic rings. The molecule has 0 atom stereocenters. The number of aryl methyl sites for hydroxylation is 1. The van der Waals surface area contributed by atoms with Crippen molar-refractivity contribution in [3.8, 4) is 0 Å². The van der Waals surface area contributed by atoms with Gasteiger partial charge in [0.15, 0.2) is 0 Å². The molecular weight excluding hydrogens is 302 g/mol. The van der Waals surface area contributed by atoms with Gasteiger partial charge in [-0.2, -0.15) is 0 Å². The van der Waals surface area contributed by atoms with E-state index < -0.39 is 0 Å². The molecule has 0 amide bonds. The molecule has 1 saturated carbocycles. The molecule has 0 aromatic heterocycles. The fourth-order valence-electron chi connectivity index (χ4n) is 4.58. The summed E-state index contributed by atoms with van der Waals surface area (Å²) in [6.45, 7) is 4.64. The molecule has 2 aromatic rings. The third-order valence-electron chi connectivity index (χ3n) is 6.32. The summed E-state index contributed by atoms with van der Waals surface area (Å²) in [6, 6.07) is 17.9. The Kier molecular flexibility index (Phi) is 5.83. The molecule has 25 heavy (non-hydrogen) atoms. The van der Waals surface area contributed by atoms with E-state index in [2.05, 4.69) is 50.2 Å². The normalized spacial score (nSPS) is 23.5. The maximum atomic E-state index is 5.84. The standard InChI is InChI=1S/C24H33N/c1-3-6-19-7-5-8-22(17-19)21-13-15-24(4-2,16-14-21)18-20-9-11-23(25)12-10-20/h5,7-12,17,21H,3-4,6,13-16,18,25H2,1-2H3. The van der Waals surface area contributed by atoms with Gasteiger partial charge in [-0.05, 0) is 78.7 Å². The SMILES string of the molecule is CCCc1cccc(C2CCC(CC)(Cc3ccc(N)cc3)CC2)c1. The number of nitrogen functional groups attached to an aromatic ring is 1. The molecule has 1 fully saturated rings. The summed E-state index contributed by atoms with van der Waals surface area (Å²) in [5, 5.41) is 0. The molecule has 3 rings (SSSR count). The molecule has 0 aliphatic heterocycles. The second-order valence-corrected chi connectivity index (χ2v) is 8.04. The van der Waals surface area contributed by atoms with Crippen LogP contribution in [0.5, 0.6) is 0 Å². The van der Waals surface area contributed by atoms with Gasteiger partial charge in [-0.15, -0.1) is 0 Å². The van der Waals surface area contributed by atoms with Crippen molar-refractivity contribution in [1.29, 1.82) is 0 Å². The first-order valence-corrected chi connectivity index (χ1v) is 10.1. The van der Waals surface area contributed by atoms with Gasteiger partial charge in [-0.3, -0.25) is 0 Å². The van der Waals surface area contributed by atoms with Crippen molar-refractivity contribution in [2.45, 2.75) is 71.1 Å². The highest BCUT2D eigenvalue weighted by molar-refractivity contribution is 5.39. The van der Waals surface area contributed by atoms with Crippen LogP contribution in [-0.2, 0) is 12.8 Å². The Balaban J connectivity index is 1.66. The third-order valence-corrected chi connectivity index (χ3v) is 6.32. The molecule has 1 aliphatic carbocycles. The van der Waals surface area contributed by atoms with Crippen molar-refractivity contribution >= 4 is 5.69 Å². The molecule has 0 unspecified atom stereocenters. The van der Waals surface area contributed by atoms with Crippen molar-refractivity contribution in [2.75, 3.05) is 5.73 Å². The largest absolute Gasteiger partial charge is 0.399 e. The molecule has 1 nitrogen and oxygen atoms in total.